The fraction of sp³-hybridized carbons (Fsp3) is 0.500. The van der Waals surface area contributed by atoms with Gasteiger partial charge in [-0.3, -0.25) is 4.90 Å². The lowest BCUT2D eigenvalue weighted by molar-refractivity contribution is 0.320. The Morgan fingerprint density at radius 3 is 2.37 bits per heavy atom. The van der Waals surface area contributed by atoms with Crippen LogP contribution in [0.4, 0.5) is 0 Å². The topological polar surface area (TPSA) is 12.5 Å². The van der Waals surface area contributed by atoms with Crippen LogP contribution >= 0.6 is 11.6 Å². The molecule has 1 aliphatic rings. The third kappa shape index (κ3) is 5.55. The predicted octanol–water partition coefficient (Wildman–Crippen LogP) is 3.60. The molecule has 0 atom stereocenters. The van der Waals surface area contributed by atoms with E-state index >= 15 is 0 Å². The highest BCUT2D eigenvalue weighted by atomic mass is 35.5. The summed E-state index contributed by atoms with van der Waals surface area (Å²) in [6.45, 7) is 3.68. The number of likely N-dealkylation sites (tertiary alicyclic amines) is 1. The summed E-state index contributed by atoms with van der Waals surface area (Å²) in [5, 5.41) is 0.722. The van der Waals surface area contributed by atoms with Gasteiger partial charge >= 0.3 is 0 Å². The summed E-state index contributed by atoms with van der Waals surface area (Å²) in [5.41, 5.74) is 0. The number of ether oxygens (including phenoxy) is 1. The highest BCUT2D eigenvalue weighted by molar-refractivity contribution is 6.30. The number of rotatable bonds is 3. The summed E-state index contributed by atoms with van der Waals surface area (Å²) >= 11 is 5.81. The van der Waals surface area contributed by atoms with E-state index in [4.69, 9.17) is 16.3 Å². The third-order valence-corrected chi connectivity index (χ3v) is 3.50. The Bertz CT molecular complexity index is 424. The van der Waals surface area contributed by atoms with Crippen LogP contribution in [0.3, 0.4) is 0 Å². The van der Waals surface area contributed by atoms with Gasteiger partial charge in [0.25, 0.3) is 0 Å². The maximum absolute atomic E-state index is 5.81. The standard InChI is InChI=1S/C16H20ClNO/c17-15-7-9-16(10-8-15)19-14-6-5-13-18-11-3-1-2-4-12-18/h7-10H,1-4,11-14H2. The summed E-state index contributed by atoms with van der Waals surface area (Å²) in [6.07, 6.45) is 5.35. The van der Waals surface area contributed by atoms with Gasteiger partial charge in [-0.2, -0.15) is 0 Å². The number of nitrogens with zero attached hydrogens (tertiary/aromatic N) is 1. The highest BCUT2D eigenvalue weighted by Crippen LogP contribution is 2.15. The molecular weight excluding hydrogens is 258 g/mol. The highest BCUT2D eigenvalue weighted by Gasteiger charge is 2.06. The molecule has 2 rings (SSSR count). The van der Waals surface area contributed by atoms with Crippen molar-refractivity contribution >= 4 is 11.6 Å². The molecule has 0 bridgehead atoms. The number of hydrogen-bond acceptors (Lipinski definition) is 2. The smallest absolute Gasteiger partial charge is 0.149 e. The Kier molecular flexibility index (Phi) is 6.07. The molecule has 19 heavy (non-hydrogen) atoms. The predicted molar refractivity (Wildman–Crippen MR) is 79.6 cm³/mol. The lowest BCUT2D eigenvalue weighted by Crippen LogP contribution is -2.24. The molecule has 0 unspecified atom stereocenters. The van der Waals surface area contributed by atoms with Crippen molar-refractivity contribution in [1.29, 1.82) is 0 Å². The molecule has 0 spiro atoms. The molecule has 0 amide bonds. The zero-order valence-electron chi connectivity index (χ0n) is 11.2. The Morgan fingerprint density at radius 2 is 1.68 bits per heavy atom. The van der Waals surface area contributed by atoms with Crippen molar-refractivity contribution in [2.75, 3.05) is 26.2 Å². The van der Waals surface area contributed by atoms with Gasteiger partial charge in [0, 0.05) is 5.02 Å². The second-order valence-corrected chi connectivity index (χ2v) is 5.22. The Labute approximate surface area is 120 Å². The summed E-state index contributed by atoms with van der Waals surface area (Å²) in [4.78, 5) is 2.43. The van der Waals surface area contributed by atoms with Crippen molar-refractivity contribution in [3.63, 3.8) is 0 Å². The van der Waals surface area contributed by atoms with Crippen molar-refractivity contribution in [1.82, 2.24) is 4.90 Å². The monoisotopic (exact) mass is 277 g/mol. The molecule has 0 aromatic heterocycles. The van der Waals surface area contributed by atoms with Crippen molar-refractivity contribution in [2.24, 2.45) is 0 Å². The average molecular weight is 278 g/mol. The van der Waals surface area contributed by atoms with Gasteiger partial charge in [-0.1, -0.05) is 36.3 Å². The van der Waals surface area contributed by atoms with E-state index in [0.29, 0.717) is 6.61 Å². The van der Waals surface area contributed by atoms with Crippen LogP contribution in [0.5, 0.6) is 5.75 Å². The molecule has 1 saturated heterocycles. The first-order valence-electron chi connectivity index (χ1n) is 6.91. The molecule has 1 aromatic carbocycles. The number of benzene rings is 1. The van der Waals surface area contributed by atoms with Gasteiger partial charge in [0.1, 0.15) is 12.4 Å². The molecule has 2 nitrogen and oxygen atoms in total. The number of hydrogen-bond donors (Lipinski definition) is 0. The van der Waals surface area contributed by atoms with Crippen LogP contribution < -0.4 is 4.74 Å². The van der Waals surface area contributed by atoms with Gasteiger partial charge in [0.05, 0.1) is 6.54 Å². The zero-order chi connectivity index (χ0) is 13.3. The molecule has 1 heterocycles. The largest absolute Gasteiger partial charge is 0.481 e. The van der Waals surface area contributed by atoms with Gasteiger partial charge in [-0.25, -0.2) is 0 Å². The summed E-state index contributed by atoms with van der Waals surface area (Å²) < 4.78 is 5.52. The van der Waals surface area contributed by atoms with Gasteiger partial charge in [0.15, 0.2) is 0 Å². The van der Waals surface area contributed by atoms with Crippen LogP contribution in [-0.2, 0) is 0 Å². The van der Waals surface area contributed by atoms with Crippen molar-refractivity contribution in [3.05, 3.63) is 29.3 Å². The van der Waals surface area contributed by atoms with Crippen molar-refractivity contribution in [3.8, 4) is 17.6 Å². The lowest BCUT2D eigenvalue weighted by atomic mass is 10.2. The first kappa shape index (κ1) is 14.2. The van der Waals surface area contributed by atoms with Gasteiger partial charge in [-0.15, -0.1) is 0 Å². The van der Waals surface area contributed by atoms with Crippen molar-refractivity contribution in [2.45, 2.75) is 25.7 Å². The second-order valence-electron chi connectivity index (χ2n) is 4.79. The maximum Gasteiger partial charge on any atom is 0.149 e. The lowest BCUT2D eigenvalue weighted by Gasteiger charge is -2.15. The minimum atomic E-state index is 0.440. The van der Waals surface area contributed by atoms with Gasteiger partial charge in [0.2, 0.25) is 0 Å². The van der Waals surface area contributed by atoms with Crippen LogP contribution in [0, 0.1) is 11.8 Å². The summed E-state index contributed by atoms with van der Waals surface area (Å²) in [7, 11) is 0. The Morgan fingerprint density at radius 1 is 1.00 bits per heavy atom. The second kappa shape index (κ2) is 8.09. The number of halogens is 1. The van der Waals surface area contributed by atoms with Crippen LogP contribution in [-0.4, -0.2) is 31.1 Å². The van der Waals surface area contributed by atoms with E-state index in [2.05, 4.69) is 16.7 Å². The van der Waals surface area contributed by atoms with E-state index in [1.165, 1.54) is 38.8 Å². The van der Waals surface area contributed by atoms with E-state index in [9.17, 15) is 0 Å². The minimum absolute atomic E-state index is 0.440. The van der Waals surface area contributed by atoms with E-state index < -0.39 is 0 Å². The fourth-order valence-electron chi connectivity index (χ4n) is 2.16. The molecule has 1 aliphatic heterocycles. The molecule has 0 N–H and O–H groups in total. The molecule has 3 heteroatoms. The van der Waals surface area contributed by atoms with Gasteiger partial charge in [-0.05, 0) is 50.2 Å². The minimum Gasteiger partial charge on any atom is -0.481 e. The third-order valence-electron chi connectivity index (χ3n) is 3.25. The van der Waals surface area contributed by atoms with Crippen LogP contribution in [0.25, 0.3) is 0 Å². The molecule has 1 aromatic rings. The SMILES string of the molecule is Clc1ccc(OCC#CCN2CCCCCC2)cc1. The van der Waals surface area contributed by atoms with Crippen LogP contribution in [0.1, 0.15) is 25.7 Å². The van der Waals surface area contributed by atoms with Gasteiger partial charge < -0.3 is 4.74 Å². The Hall–Kier alpha value is -1.17. The first-order valence-corrected chi connectivity index (χ1v) is 7.29. The molecular formula is C16H20ClNO. The molecule has 0 radical (unpaired) electrons. The normalized spacial score (nSPS) is 16.3. The summed E-state index contributed by atoms with van der Waals surface area (Å²) in [6, 6.07) is 7.36. The van der Waals surface area contributed by atoms with E-state index in [1.54, 1.807) is 0 Å². The average Bonchev–Trinajstić information content (AvgIpc) is 2.69. The maximum atomic E-state index is 5.81. The molecule has 102 valence electrons. The van der Waals surface area contributed by atoms with Crippen LogP contribution in [0.2, 0.25) is 5.02 Å². The zero-order valence-corrected chi connectivity index (χ0v) is 12.0. The quantitative estimate of drug-likeness (QED) is 0.783. The molecule has 1 fully saturated rings. The molecule has 0 saturated carbocycles. The Balaban J connectivity index is 1.67. The molecule has 0 aliphatic carbocycles. The van der Waals surface area contributed by atoms with E-state index in [1.807, 2.05) is 24.3 Å². The van der Waals surface area contributed by atoms with E-state index in [-0.39, 0.29) is 0 Å². The fourth-order valence-corrected chi connectivity index (χ4v) is 2.29. The summed E-state index contributed by atoms with van der Waals surface area (Å²) in [5.74, 6) is 7.07. The first-order chi connectivity index (χ1) is 9.34. The van der Waals surface area contributed by atoms with E-state index in [0.717, 1.165) is 17.3 Å². The van der Waals surface area contributed by atoms with Crippen LogP contribution in [0.15, 0.2) is 24.3 Å². The van der Waals surface area contributed by atoms with Crippen molar-refractivity contribution < 1.29 is 4.74 Å².